The molecule has 1 fully saturated rings. The molecule has 0 aliphatic carbocycles. The number of hydrogen-bond acceptors (Lipinski definition) is 2. The van der Waals surface area contributed by atoms with Crippen LogP contribution in [0.1, 0.15) is 22.3 Å². The summed E-state index contributed by atoms with van der Waals surface area (Å²) < 4.78 is 0. The molecular weight excluding hydrogens is 288 g/mol. The summed E-state index contributed by atoms with van der Waals surface area (Å²) in [5, 5.41) is 2.94. The van der Waals surface area contributed by atoms with Gasteiger partial charge in [0.1, 0.15) is 6.04 Å². The number of hydrogen-bond donors (Lipinski definition) is 1. The molecule has 1 aliphatic rings. The smallest absolute Gasteiger partial charge is 0.254 e. The lowest BCUT2D eigenvalue weighted by Crippen LogP contribution is -2.58. The predicted octanol–water partition coefficient (Wildman–Crippen LogP) is 2.26. The zero-order valence-corrected chi connectivity index (χ0v) is 12.9. The Labute approximate surface area is 136 Å². The summed E-state index contributed by atoms with van der Waals surface area (Å²) in [5.41, 5.74) is 1.83. The Kier molecular flexibility index (Phi) is 4.71. The number of nitrogens with zero attached hydrogens (tertiary/aromatic N) is 1. The topological polar surface area (TPSA) is 49.4 Å². The van der Waals surface area contributed by atoms with Crippen molar-refractivity contribution in [2.75, 3.05) is 13.1 Å². The number of benzene rings is 2. The van der Waals surface area contributed by atoms with Crippen LogP contribution in [0.5, 0.6) is 0 Å². The Morgan fingerprint density at radius 3 is 2.26 bits per heavy atom. The van der Waals surface area contributed by atoms with E-state index in [-0.39, 0.29) is 17.9 Å². The van der Waals surface area contributed by atoms with Crippen molar-refractivity contribution in [2.24, 2.45) is 0 Å². The Hall–Kier alpha value is -2.62. The number of carbonyl (C=O) groups excluding carboxylic acids is 2. The average Bonchev–Trinajstić information content (AvgIpc) is 2.55. The van der Waals surface area contributed by atoms with E-state index in [2.05, 4.69) is 5.32 Å². The standard InChI is InChI=1S/C19H20N2O2/c22-18(20-13-11-15-7-3-1-4-8-15)17-12-14-21(17)19(23)16-9-5-2-6-10-16/h1-10,17H,11-14H2,(H,20,22)/t17-/m0/s1. The molecule has 2 aromatic rings. The second-order valence-corrected chi connectivity index (χ2v) is 5.70. The van der Waals surface area contributed by atoms with Crippen LogP contribution in [0.3, 0.4) is 0 Å². The highest BCUT2D eigenvalue weighted by Gasteiger charge is 2.37. The normalized spacial score (nSPS) is 16.5. The van der Waals surface area contributed by atoms with E-state index in [1.165, 1.54) is 5.56 Å². The van der Waals surface area contributed by atoms with Crippen LogP contribution >= 0.6 is 0 Å². The molecule has 0 radical (unpaired) electrons. The van der Waals surface area contributed by atoms with Gasteiger partial charge >= 0.3 is 0 Å². The maximum absolute atomic E-state index is 12.4. The lowest BCUT2D eigenvalue weighted by molar-refractivity contribution is -0.129. The highest BCUT2D eigenvalue weighted by Crippen LogP contribution is 2.20. The van der Waals surface area contributed by atoms with E-state index in [1.807, 2.05) is 48.5 Å². The van der Waals surface area contributed by atoms with Crippen molar-refractivity contribution >= 4 is 11.8 Å². The number of likely N-dealkylation sites (tertiary alicyclic amines) is 1. The summed E-state index contributed by atoms with van der Waals surface area (Å²) in [6, 6.07) is 18.8. The fourth-order valence-corrected chi connectivity index (χ4v) is 2.74. The zero-order valence-electron chi connectivity index (χ0n) is 12.9. The molecule has 2 aromatic carbocycles. The van der Waals surface area contributed by atoms with Gasteiger partial charge in [0.15, 0.2) is 0 Å². The van der Waals surface area contributed by atoms with E-state index in [0.29, 0.717) is 18.7 Å². The Bertz CT molecular complexity index is 670. The van der Waals surface area contributed by atoms with E-state index in [4.69, 9.17) is 0 Å². The lowest BCUT2D eigenvalue weighted by atomic mass is 10.00. The van der Waals surface area contributed by atoms with Gasteiger partial charge in [-0.3, -0.25) is 9.59 Å². The van der Waals surface area contributed by atoms with Gasteiger partial charge in [-0.1, -0.05) is 48.5 Å². The highest BCUT2D eigenvalue weighted by atomic mass is 16.2. The first-order chi connectivity index (χ1) is 11.3. The van der Waals surface area contributed by atoms with Gasteiger partial charge in [-0.2, -0.15) is 0 Å². The molecule has 1 N–H and O–H groups in total. The molecule has 4 nitrogen and oxygen atoms in total. The maximum atomic E-state index is 12.4. The van der Waals surface area contributed by atoms with Crippen LogP contribution in [0.15, 0.2) is 60.7 Å². The van der Waals surface area contributed by atoms with Crippen LogP contribution < -0.4 is 5.32 Å². The van der Waals surface area contributed by atoms with Crippen molar-refractivity contribution in [3.8, 4) is 0 Å². The molecule has 0 saturated carbocycles. The van der Waals surface area contributed by atoms with Gasteiger partial charge in [-0.05, 0) is 30.5 Å². The molecule has 1 heterocycles. The minimum absolute atomic E-state index is 0.0588. The molecule has 23 heavy (non-hydrogen) atoms. The van der Waals surface area contributed by atoms with Crippen molar-refractivity contribution in [3.05, 3.63) is 71.8 Å². The van der Waals surface area contributed by atoms with Gasteiger partial charge < -0.3 is 10.2 Å². The molecule has 2 amide bonds. The summed E-state index contributed by atoms with van der Waals surface area (Å²) in [7, 11) is 0. The minimum atomic E-state index is -0.335. The zero-order chi connectivity index (χ0) is 16.1. The summed E-state index contributed by atoms with van der Waals surface area (Å²) >= 11 is 0. The first-order valence-corrected chi connectivity index (χ1v) is 7.93. The van der Waals surface area contributed by atoms with Crippen molar-refractivity contribution < 1.29 is 9.59 Å². The Balaban J connectivity index is 1.51. The number of carbonyl (C=O) groups is 2. The molecule has 4 heteroatoms. The van der Waals surface area contributed by atoms with Gasteiger partial charge in [-0.25, -0.2) is 0 Å². The van der Waals surface area contributed by atoms with E-state index in [1.54, 1.807) is 17.0 Å². The van der Waals surface area contributed by atoms with Gasteiger partial charge in [0.05, 0.1) is 0 Å². The third kappa shape index (κ3) is 3.59. The molecule has 0 unspecified atom stereocenters. The highest BCUT2D eigenvalue weighted by molar-refractivity contribution is 5.98. The quantitative estimate of drug-likeness (QED) is 0.921. The number of amides is 2. The minimum Gasteiger partial charge on any atom is -0.354 e. The summed E-state index contributed by atoms with van der Waals surface area (Å²) in [6.07, 6.45) is 1.53. The van der Waals surface area contributed by atoms with Crippen molar-refractivity contribution in [1.82, 2.24) is 10.2 Å². The molecule has 0 spiro atoms. The van der Waals surface area contributed by atoms with Crippen LogP contribution in [-0.4, -0.2) is 35.8 Å². The third-order valence-corrected chi connectivity index (χ3v) is 4.16. The van der Waals surface area contributed by atoms with E-state index in [9.17, 15) is 9.59 Å². The van der Waals surface area contributed by atoms with Crippen LogP contribution in [0, 0.1) is 0 Å². The summed E-state index contributed by atoms with van der Waals surface area (Å²) in [6.45, 7) is 1.23. The fraction of sp³-hybridized carbons (Fsp3) is 0.263. The third-order valence-electron chi connectivity index (χ3n) is 4.16. The lowest BCUT2D eigenvalue weighted by Gasteiger charge is -2.39. The monoisotopic (exact) mass is 308 g/mol. The Morgan fingerprint density at radius 2 is 1.65 bits per heavy atom. The largest absolute Gasteiger partial charge is 0.354 e. The van der Waals surface area contributed by atoms with E-state index in [0.717, 1.165) is 12.8 Å². The Morgan fingerprint density at radius 1 is 1.00 bits per heavy atom. The molecule has 0 aromatic heterocycles. The average molecular weight is 308 g/mol. The van der Waals surface area contributed by atoms with Gasteiger partial charge in [0.25, 0.3) is 5.91 Å². The van der Waals surface area contributed by atoms with Gasteiger partial charge in [0, 0.05) is 18.7 Å². The van der Waals surface area contributed by atoms with E-state index < -0.39 is 0 Å². The molecular formula is C19H20N2O2. The van der Waals surface area contributed by atoms with Crippen molar-refractivity contribution in [2.45, 2.75) is 18.9 Å². The van der Waals surface area contributed by atoms with Crippen molar-refractivity contribution in [1.29, 1.82) is 0 Å². The molecule has 1 aliphatic heterocycles. The van der Waals surface area contributed by atoms with Crippen LogP contribution in [0.25, 0.3) is 0 Å². The van der Waals surface area contributed by atoms with Crippen molar-refractivity contribution in [3.63, 3.8) is 0 Å². The van der Waals surface area contributed by atoms with Gasteiger partial charge in [0.2, 0.25) is 5.91 Å². The SMILES string of the molecule is O=C(NCCc1ccccc1)[C@@H]1CCN1C(=O)c1ccccc1. The van der Waals surface area contributed by atoms with Crippen LogP contribution in [0.4, 0.5) is 0 Å². The first kappa shape index (κ1) is 15.3. The second-order valence-electron chi connectivity index (χ2n) is 5.70. The fourth-order valence-electron chi connectivity index (χ4n) is 2.74. The maximum Gasteiger partial charge on any atom is 0.254 e. The van der Waals surface area contributed by atoms with Gasteiger partial charge in [-0.15, -0.1) is 0 Å². The molecule has 3 rings (SSSR count). The van der Waals surface area contributed by atoms with E-state index >= 15 is 0 Å². The van der Waals surface area contributed by atoms with Crippen LogP contribution in [0.2, 0.25) is 0 Å². The van der Waals surface area contributed by atoms with Crippen LogP contribution in [-0.2, 0) is 11.2 Å². The molecule has 1 saturated heterocycles. The first-order valence-electron chi connectivity index (χ1n) is 7.93. The predicted molar refractivity (Wildman–Crippen MR) is 89.0 cm³/mol. The summed E-state index contributed by atoms with van der Waals surface area (Å²) in [5.74, 6) is -0.128. The molecule has 118 valence electrons. The molecule has 0 bridgehead atoms. The summed E-state index contributed by atoms with van der Waals surface area (Å²) in [4.78, 5) is 26.3. The number of rotatable bonds is 5. The number of nitrogens with one attached hydrogen (secondary N) is 1. The molecule has 1 atom stereocenters. The second kappa shape index (κ2) is 7.09.